The summed E-state index contributed by atoms with van der Waals surface area (Å²) in [7, 11) is 0. The summed E-state index contributed by atoms with van der Waals surface area (Å²) in [5.41, 5.74) is 3.39. The minimum atomic E-state index is 0.880. The molecule has 0 radical (unpaired) electrons. The highest BCUT2D eigenvalue weighted by Crippen LogP contribution is 2.26. The molecule has 13 heavy (non-hydrogen) atoms. The maximum Gasteiger partial charge on any atom is 0.0947 e. The maximum atomic E-state index is 8.76. The summed E-state index contributed by atoms with van der Waals surface area (Å²) < 4.78 is 1.07. The molecule has 0 atom stereocenters. The van der Waals surface area contributed by atoms with E-state index in [1.807, 2.05) is 12.1 Å². The summed E-state index contributed by atoms with van der Waals surface area (Å²) in [6, 6.07) is 8.43. The molecule has 0 N–H and O–H groups in total. The van der Waals surface area contributed by atoms with Crippen molar-refractivity contribution in [2.45, 2.75) is 12.8 Å². The first-order valence-corrected chi connectivity index (χ1v) is 4.98. The van der Waals surface area contributed by atoms with Gasteiger partial charge in [-0.1, -0.05) is 22.0 Å². The van der Waals surface area contributed by atoms with Gasteiger partial charge in [-0.3, -0.25) is 0 Å². The van der Waals surface area contributed by atoms with Crippen molar-refractivity contribution in [1.29, 1.82) is 5.26 Å². The average Bonchev–Trinajstić information content (AvgIpc) is 2.16. The van der Waals surface area contributed by atoms with E-state index in [0.29, 0.717) is 0 Å². The van der Waals surface area contributed by atoms with Crippen molar-refractivity contribution in [2.75, 3.05) is 0 Å². The molecular formula is C11H8BrN. The van der Waals surface area contributed by atoms with Crippen LogP contribution in [-0.2, 0) is 6.42 Å². The SMILES string of the molecule is N#CC1=Cc2cc(Br)ccc2CC1. The van der Waals surface area contributed by atoms with Gasteiger partial charge in [-0.2, -0.15) is 5.26 Å². The van der Waals surface area contributed by atoms with Crippen molar-refractivity contribution >= 4 is 22.0 Å². The van der Waals surface area contributed by atoms with Crippen molar-refractivity contribution < 1.29 is 0 Å². The van der Waals surface area contributed by atoms with Crippen LogP contribution in [0.25, 0.3) is 6.08 Å². The van der Waals surface area contributed by atoms with Crippen LogP contribution in [-0.4, -0.2) is 0 Å². The Morgan fingerprint density at radius 3 is 2.92 bits per heavy atom. The number of fused-ring (bicyclic) bond motifs is 1. The summed E-state index contributed by atoms with van der Waals surface area (Å²) in [5, 5.41) is 8.76. The molecule has 0 aromatic heterocycles. The van der Waals surface area contributed by atoms with Gasteiger partial charge in [0, 0.05) is 10.0 Å². The van der Waals surface area contributed by atoms with E-state index in [4.69, 9.17) is 5.26 Å². The van der Waals surface area contributed by atoms with Crippen LogP contribution >= 0.6 is 15.9 Å². The molecule has 0 spiro atoms. The molecule has 1 nitrogen and oxygen atoms in total. The average molecular weight is 234 g/mol. The number of hydrogen-bond donors (Lipinski definition) is 0. The fourth-order valence-electron chi connectivity index (χ4n) is 1.55. The number of rotatable bonds is 0. The quantitative estimate of drug-likeness (QED) is 0.675. The van der Waals surface area contributed by atoms with Crippen LogP contribution in [0.3, 0.4) is 0 Å². The lowest BCUT2D eigenvalue weighted by Crippen LogP contribution is -1.97. The van der Waals surface area contributed by atoms with Gasteiger partial charge >= 0.3 is 0 Å². The van der Waals surface area contributed by atoms with E-state index in [-0.39, 0.29) is 0 Å². The molecule has 0 saturated carbocycles. The van der Waals surface area contributed by atoms with Gasteiger partial charge in [0.15, 0.2) is 0 Å². The van der Waals surface area contributed by atoms with E-state index in [1.54, 1.807) is 0 Å². The number of benzene rings is 1. The highest BCUT2D eigenvalue weighted by Gasteiger charge is 2.09. The zero-order chi connectivity index (χ0) is 9.26. The molecule has 1 aliphatic rings. The number of hydrogen-bond acceptors (Lipinski definition) is 1. The van der Waals surface area contributed by atoms with Crippen LogP contribution in [0, 0.1) is 11.3 Å². The predicted octanol–water partition coefficient (Wildman–Crippen LogP) is 3.30. The minimum absolute atomic E-state index is 0.880. The third-order valence-electron chi connectivity index (χ3n) is 2.24. The van der Waals surface area contributed by atoms with Crippen molar-refractivity contribution in [3.63, 3.8) is 0 Å². The van der Waals surface area contributed by atoms with Gasteiger partial charge in [0.1, 0.15) is 0 Å². The summed E-state index contributed by atoms with van der Waals surface area (Å²) in [6.07, 6.45) is 3.84. The number of nitrogens with zero attached hydrogens (tertiary/aromatic N) is 1. The van der Waals surface area contributed by atoms with Gasteiger partial charge in [-0.15, -0.1) is 0 Å². The highest BCUT2D eigenvalue weighted by molar-refractivity contribution is 9.10. The zero-order valence-electron chi connectivity index (χ0n) is 7.05. The summed E-state index contributed by atoms with van der Waals surface area (Å²) >= 11 is 3.42. The Hall–Kier alpha value is -1.07. The van der Waals surface area contributed by atoms with Crippen LogP contribution in [0.4, 0.5) is 0 Å². The number of nitriles is 1. The largest absolute Gasteiger partial charge is 0.193 e. The van der Waals surface area contributed by atoms with E-state index in [1.165, 1.54) is 11.1 Å². The van der Waals surface area contributed by atoms with E-state index in [0.717, 1.165) is 22.9 Å². The van der Waals surface area contributed by atoms with Crippen LogP contribution in [0.5, 0.6) is 0 Å². The standard InChI is InChI=1S/C11H8BrN/c12-11-4-3-9-2-1-8(7-13)5-10(9)6-11/h3-6H,1-2H2. The number of halogens is 1. The smallest absolute Gasteiger partial charge is 0.0947 e. The molecular weight excluding hydrogens is 226 g/mol. The van der Waals surface area contributed by atoms with Crippen molar-refractivity contribution in [2.24, 2.45) is 0 Å². The van der Waals surface area contributed by atoms with Crippen molar-refractivity contribution in [3.8, 4) is 6.07 Å². The van der Waals surface area contributed by atoms with Crippen LogP contribution in [0.2, 0.25) is 0 Å². The fourth-order valence-corrected chi connectivity index (χ4v) is 1.92. The maximum absolute atomic E-state index is 8.76. The van der Waals surface area contributed by atoms with E-state index >= 15 is 0 Å². The van der Waals surface area contributed by atoms with E-state index < -0.39 is 0 Å². The van der Waals surface area contributed by atoms with Crippen LogP contribution in [0.1, 0.15) is 17.5 Å². The lowest BCUT2D eigenvalue weighted by atomic mass is 9.93. The van der Waals surface area contributed by atoms with Gasteiger partial charge in [0.25, 0.3) is 0 Å². The monoisotopic (exact) mass is 233 g/mol. The van der Waals surface area contributed by atoms with Gasteiger partial charge < -0.3 is 0 Å². The van der Waals surface area contributed by atoms with Crippen LogP contribution in [0.15, 0.2) is 28.2 Å². The topological polar surface area (TPSA) is 23.8 Å². The lowest BCUT2D eigenvalue weighted by Gasteiger charge is -2.12. The molecule has 0 fully saturated rings. The Morgan fingerprint density at radius 2 is 2.15 bits per heavy atom. The molecule has 1 aromatic rings. The normalized spacial score (nSPS) is 14.3. The van der Waals surface area contributed by atoms with Crippen LogP contribution < -0.4 is 0 Å². The van der Waals surface area contributed by atoms with E-state index in [9.17, 15) is 0 Å². The number of aryl methyl sites for hydroxylation is 1. The Labute approximate surface area is 85.8 Å². The molecule has 1 aliphatic carbocycles. The second-order valence-electron chi connectivity index (χ2n) is 3.12. The molecule has 0 heterocycles. The predicted molar refractivity (Wildman–Crippen MR) is 56.1 cm³/mol. The molecule has 2 heteroatoms. The van der Waals surface area contributed by atoms with Gasteiger partial charge in [0.05, 0.1) is 6.07 Å². The minimum Gasteiger partial charge on any atom is -0.193 e. The fraction of sp³-hybridized carbons (Fsp3) is 0.182. The van der Waals surface area contributed by atoms with Gasteiger partial charge in [-0.25, -0.2) is 0 Å². The van der Waals surface area contributed by atoms with E-state index in [2.05, 4.69) is 34.1 Å². The lowest BCUT2D eigenvalue weighted by molar-refractivity contribution is 0.952. The third-order valence-corrected chi connectivity index (χ3v) is 2.74. The molecule has 0 bridgehead atoms. The second kappa shape index (κ2) is 3.35. The van der Waals surface area contributed by atoms with Crippen molar-refractivity contribution in [1.82, 2.24) is 0 Å². The highest BCUT2D eigenvalue weighted by atomic mass is 79.9. The van der Waals surface area contributed by atoms with Gasteiger partial charge in [0.2, 0.25) is 0 Å². The molecule has 2 rings (SSSR count). The number of allylic oxidation sites excluding steroid dienone is 1. The first-order chi connectivity index (χ1) is 6.29. The first kappa shape index (κ1) is 8.52. The zero-order valence-corrected chi connectivity index (χ0v) is 8.63. The Bertz CT molecular complexity index is 413. The summed E-state index contributed by atoms with van der Waals surface area (Å²) in [4.78, 5) is 0. The first-order valence-electron chi connectivity index (χ1n) is 4.19. The molecule has 0 amide bonds. The molecule has 0 saturated heterocycles. The summed E-state index contributed by atoms with van der Waals surface area (Å²) in [5.74, 6) is 0. The Balaban J connectivity index is 2.51. The van der Waals surface area contributed by atoms with Gasteiger partial charge in [-0.05, 0) is 42.2 Å². The Morgan fingerprint density at radius 1 is 1.31 bits per heavy atom. The molecule has 0 unspecified atom stereocenters. The molecule has 64 valence electrons. The second-order valence-corrected chi connectivity index (χ2v) is 4.04. The third kappa shape index (κ3) is 1.66. The Kier molecular flexibility index (Phi) is 2.20. The van der Waals surface area contributed by atoms with Crippen molar-refractivity contribution in [3.05, 3.63) is 39.4 Å². The molecule has 0 aliphatic heterocycles. The molecule has 1 aromatic carbocycles. The summed E-state index contributed by atoms with van der Waals surface area (Å²) in [6.45, 7) is 0.